The van der Waals surface area contributed by atoms with E-state index in [1.54, 1.807) is 11.7 Å². The minimum atomic E-state index is -0.753. The fourth-order valence-corrected chi connectivity index (χ4v) is 6.04. The number of carbonyl (C=O) groups is 2. The Hall–Kier alpha value is -3.17. The van der Waals surface area contributed by atoms with Gasteiger partial charge in [-0.15, -0.1) is 5.10 Å². The van der Waals surface area contributed by atoms with Crippen LogP contribution in [-0.4, -0.2) is 49.2 Å². The number of aliphatic carboxylic acids is 1. The Morgan fingerprint density at radius 2 is 2.03 bits per heavy atom. The zero-order valence-electron chi connectivity index (χ0n) is 20.4. The minimum Gasteiger partial charge on any atom is -0.489 e. The number of aryl methyl sites for hydroxylation is 2. The number of fused-ring (bicyclic) bond motifs is 2. The fraction of sp³-hybridized carbons (Fsp3) is 0.640. The average Bonchev–Trinajstić information content (AvgIpc) is 3.55. The molecule has 10 heteroatoms. The van der Waals surface area contributed by atoms with Crippen molar-refractivity contribution in [1.29, 1.82) is 0 Å². The van der Waals surface area contributed by atoms with E-state index >= 15 is 0 Å². The summed E-state index contributed by atoms with van der Waals surface area (Å²) < 4.78 is 7.78. The monoisotopic (exact) mass is 482 g/mol. The highest BCUT2D eigenvalue weighted by molar-refractivity contribution is 5.74. The van der Waals surface area contributed by atoms with E-state index in [9.17, 15) is 14.7 Å². The molecule has 2 bridgehead atoms. The van der Waals surface area contributed by atoms with Crippen molar-refractivity contribution >= 4 is 12.0 Å². The molecule has 35 heavy (non-hydrogen) atoms. The molecule has 10 nitrogen and oxygen atoms in total. The molecule has 3 saturated carbocycles. The van der Waals surface area contributed by atoms with Crippen LogP contribution in [-0.2, 0) is 18.4 Å². The number of hydrogen-bond donors (Lipinski definition) is 3. The summed E-state index contributed by atoms with van der Waals surface area (Å²) >= 11 is 0. The molecule has 5 atom stereocenters. The minimum absolute atomic E-state index is 0.124. The van der Waals surface area contributed by atoms with Gasteiger partial charge in [-0.3, -0.25) is 4.79 Å². The number of ether oxygens (including phenoxy) is 1. The first-order valence-corrected chi connectivity index (χ1v) is 12.7. The van der Waals surface area contributed by atoms with Crippen molar-refractivity contribution < 1.29 is 19.4 Å². The number of hydrogen-bond acceptors (Lipinski definition) is 6. The molecule has 0 aromatic carbocycles. The van der Waals surface area contributed by atoms with Crippen LogP contribution < -0.4 is 15.4 Å². The summed E-state index contributed by atoms with van der Waals surface area (Å²) in [4.78, 5) is 28.6. The van der Waals surface area contributed by atoms with E-state index in [2.05, 4.69) is 25.9 Å². The molecule has 3 fully saturated rings. The average molecular weight is 483 g/mol. The summed E-state index contributed by atoms with van der Waals surface area (Å²) in [6, 6.07) is 3.82. The fourth-order valence-electron chi connectivity index (χ4n) is 6.04. The van der Waals surface area contributed by atoms with E-state index in [0.29, 0.717) is 48.1 Å². The summed E-state index contributed by atoms with van der Waals surface area (Å²) in [7, 11) is 1.80. The first kappa shape index (κ1) is 23.6. The van der Waals surface area contributed by atoms with Crippen LogP contribution in [0.4, 0.5) is 4.79 Å². The number of carbonyl (C=O) groups excluding carboxylic acids is 1. The summed E-state index contributed by atoms with van der Waals surface area (Å²) in [6.07, 6.45) is 7.63. The molecule has 3 aliphatic rings. The van der Waals surface area contributed by atoms with Gasteiger partial charge in [0.15, 0.2) is 0 Å². The first-order chi connectivity index (χ1) is 16.9. The molecule has 2 aromatic rings. The van der Waals surface area contributed by atoms with Gasteiger partial charge < -0.3 is 20.5 Å². The maximum absolute atomic E-state index is 12.5. The molecule has 2 amide bonds. The van der Waals surface area contributed by atoms with Crippen LogP contribution in [0.1, 0.15) is 62.8 Å². The van der Waals surface area contributed by atoms with Crippen molar-refractivity contribution in [3.8, 4) is 17.1 Å². The van der Waals surface area contributed by atoms with Crippen molar-refractivity contribution in [2.45, 2.75) is 77.0 Å². The molecule has 2 heterocycles. The SMILES string of the molecule is Cc1nc(-c2nnn(C)c2CNC(=O)NC2CC3CCC2C3)ccc1O[C@H]1CCC[C@H](C(=O)O)C1. The lowest BCUT2D eigenvalue weighted by molar-refractivity contribution is -0.143. The van der Waals surface area contributed by atoms with Gasteiger partial charge in [-0.25, -0.2) is 14.5 Å². The topological polar surface area (TPSA) is 131 Å². The Balaban J connectivity index is 1.22. The van der Waals surface area contributed by atoms with Crippen LogP contribution >= 0.6 is 0 Å². The lowest BCUT2D eigenvalue weighted by Crippen LogP contribution is -2.44. The zero-order chi connectivity index (χ0) is 24.5. The third kappa shape index (κ3) is 5.11. The van der Waals surface area contributed by atoms with E-state index < -0.39 is 5.97 Å². The van der Waals surface area contributed by atoms with Gasteiger partial charge in [0.2, 0.25) is 0 Å². The normalized spacial score (nSPS) is 27.5. The maximum atomic E-state index is 12.5. The molecule has 5 rings (SSSR count). The molecule has 3 unspecified atom stereocenters. The van der Waals surface area contributed by atoms with Crippen LogP contribution in [0.2, 0.25) is 0 Å². The van der Waals surface area contributed by atoms with Crippen molar-refractivity contribution in [2.75, 3.05) is 0 Å². The van der Waals surface area contributed by atoms with Gasteiger partial charge in [0.25, 0.3) is 0 Å². The van der Waals surface area contributed by atoms with E-state index in [4.69, 9.17) is 4.74 Å². The maximum Gasteiger partial charge on any atom is 0.315 e. The number of carboxylic acids is 1. The Labute approximate surface area is 204 Å². The molecule has 188 valence electrons. The lowest BCUT2D eigenvalue weighted by Gasteiger charge is -2.27. The highest BCUT2D eigenvalue weighted by Crippen LogP contribution is 2.44. The molecule has 3 N–H and O–H groups in total. The second-order valence-electron chi connectivity index (χ2n) is 10.3. The quantitative estimate of drug-likeness (QED) is 0.552. The number of aromatic nitrogens is 4. The second kappa shape index (κ2) is 9.83. The zero-order valence-corrected chi connectivity index (χ0v) is 20.4. The van der Waals surface area contributed by atoms with E-state index in [-0.39, 0.29) is 24.1 Å². The Morgan fingerprint density at radius 3 is 2.74 bits per heavy atom. The summed E-state index contributed by atoms with van der Waals surface area (Å²) in [6.45, 7) is 2.16. The van der Waals surface area contributed by atoms with Crippen LogP contribution in [0, 0.1) is 24.7 Å². The van der Waals surface area contributed by atoms with Crippen LogP contribution in [0.3, 0.4) is 0 Å². The van der Waals surface area contributed by atoms with Crippen molar-refractivity contribution in [3.05, 3.63) is 23.5 Å². The molecule has 2 aromatic heterocycles. The van der Waals surface area contributed by atoms with Crippen molar-refractivity contribution in [2.24, 2.45) is 24.8 Å². The van der Waals surface area contributed by atoms with Gasteiger partial charge in [0.05, 0.1) is 35.6 Å². The molecular weight excluding hydrogens is 448 g/mol. The molecule has 0 saturated heterocycles. The highest BCUT2D eigenvalue weighted by Gasteiger charge is 2.40. The third-order valence-corrected chi connectivity index (χ3v) is 7.96. The Bertz CT molecular complexity index is 1100. The Morgan fingerprint density at radius 1 is 1.17 bits per heavy atom. The number of rotatable bonds is 7. The van der Waals surface area contributed by atoms with Crippen LogP contribution in [0.15, 0.2) is 12.1 Å². The van der Waals surface area contributed by atoms with Crippen molar-refractivity contribution in [3.63, 3.8) is 0 Å². The molecule has 0 aliphatic heterocycles. The van der Waals surface area contributed by atoms with Gasteiger partial charge in [-0.05, 0) is 75.8 Å². The summed E-state index contributed by atoms with van der Waals surface area (Å²) in [5, 5.41) is 23.9. The molecule has 0 radical (unpaired) electrons. The number of carboxylic acid groups (broad SMARTS) is 1. The van der Waals surface area contributed by atoms with E-state index in [1.807, 2.05) is 19.1 Å². The largest absolute Gasteiger partial charge is 0.489 e. The second-order valence-corrected chi connectivity index (χ2v) is 10.3. The number of pyridine rings is 1. The van der Waals surface area contributed by atoms with Gasteiger partial charge >= 0.3 is 12.0 Å². The number of nitrogens with zero attached hydrogens (tertiary/aromatic N) is 4. The van der Waals surface area contributed by atoms with Crippen molar-refractivity contribution in [1.82, 2.24) is 30.6 Å². The standard InChI is InChI=1S/C25H34N6O4/c1-14-22(35-18-5-3-4-17(12-18)24(32)33)9-8-19(27-14)23-21(31(2)30-29-23)13-26-25(34)28-20-11-15-6-7-16(20)10-15/h8-9,15-18,20H,3-7,10-13H2,1-2H3,(H,32,33)(H2,26,28,34)/t15?,16?,17-,18-,20?/m0/s1. The number of amides is 2. The van der Waals surface area contributed by atoms with Gasteiger partial charge in [-0.2, -0.15) is 0 Å². The third-order valence-electron chi connectivity index (χ3n) is 7.96. The van der Waals surface area contributed by atoms with Crippen LogP contribution in [0.25, 0.3) is 11.4 Å². The summed E-state index contributed by atoms with van der Waals surface area (Å²) in [5.41, 5.74) is 2.75. The first-order valence-electron chi connectivity index (χ1n) is 12.7. The van der Waals surface area contributed by atoms with E-state index in [0.717, 1.165) is 30.9 Å². The number of urea groups is 1. The smallest absolute Gasteiger partial charge is 0.315 e. The van der Waals surface area contributed by atoms with E-state index in [1.165, 1.54) is 19.3 Å². The van der Waals surface area contributed by atoms with Gasteiger partial charge in [0, 0.05) is 13.1 Å². The lowest BCUT2D eigenvalue weighted by atomic mass is 9.87. The summed E-state index contributed by atoms with van der Waals surface area (Å²) in [5.74, 6) is 0.944. The predicted molar refractivity (Wildman–Crippen MR) is 128 cm³/mol. The van der Waals surface area contributed by atoms with Gasteiger partial charge in [0.1, 0.15) is 11.4 Å². The highest BCUT2D eigenvalue weighted by atomic mass is 16.5. The molecular formula is C25H34N6O4. The number of nitrogens with one attached hydrogen (secondary N) is 2. The predicted octanol–water partition coefficient (Wildman–Crippen LogP) is 3.20. The molecule has 3 aliphatic carbocycles. The molecule has 0 spiro atoms. The van der Waals surface area contributed by atoms with Crippen LogP contribution in [0.5, 0.6) is 5.75 Å². The Kier molecular flexibility index (Phi) is 6.62. The van der Waals surface area contributed by atoms with Gasteiger partial charge in [-0.1, -0.05) is 11.6 Å².